The van der Waals surface area contributed by atoms with Gasteiger partial charge in [0.1, 0.15) is 5.82 Å². The molecule has 0 bridgehead atoms. The second kappa shape index (κ2) is 8.17. The van der Waals surface area contributed by atoms with Gasteiger partial charge in [0.05, 0.1) is 17.4 Å². The van der Waals surface area contributed by atoms with Gasteiger partial charge in [0.25, 0.3) is 5.91 Å². The van der Waals surface area contributed by atoms with Crippen LogP contribution < -0.4 is 5.73 Å². The number of benzene rings is 1. The van der Waals surface area contributed by atoms with Crippen LogP contribution in [0.4, 0.5) is 10.3 Å². The smallest absolute Gasteiger partial charge is 0.293 e. The quantitative estimate of drug-likeness (QED) is 0.466. The Bertz CT molecular complexity index is 1270. The van der Waals surface area contributed by atoms with E-state index in [0.717, 1.165) is 12.8 Å². The van der Waals surface area contributed by atoms with Crippen molar-refractivity contribution in [3.05, 3.63) is 47.1 Å². The van der Waals surface area contributed by atoms with Crippen LogP contribution in [0.2, 0.25) is 0 Å². The number of aromatic nitrogens is 7. The number of hydrogen-bond acceptors (Lipinski definition) is 8. The normalized spacial score (nSPS) is 11.4. The summed E-state index contributed by atoms with van der Waals surface area (Å²) in [4.78, 5) is 26.8. The SMILES string of the molecule is Cc1cnc(C(=O)N(C)CCCCc2nc3c4cc(F)cc(C)c4nc(N)n3n2)nn1. The molecular weight excluding hydrogens is 401 g/mol. The van der Waals surface area contributed by atoms with Crippen LogP contribution >= 0.6 is 0 Å². The molecule has 0 atom stereocenters. The number of nitrogens with zero attached hydrogens (tertiary/aromatic N) is 8. The lowest BCUT2D eigenvalue weighted by molar-refractivity contribution is 0.0779. The predicted molar refractivity (Wildman–Crippen MR) is 112 cm³/mol. The van der Waals surface area contributed by atoms with Gasteiger partial charge in [-0.1, -0.05) is 0 Å². The minimum atomic E-state index is -0.358. The maximum atomic E-state index is 13.9. The van der Waals surface area contributed by atoms with Crippen LogP contribution in [0.3, 0.4) is 0 Å². The van der Waals surface area contributed by atoms with Gasteiger partial charge in [-0.15, -0.1) is 10.2 Å². The van der Waals surface area contributed by atoms with Crippen molar-refractivity contribution in [2.45, 2.75) is 33.1 Å². The van der Waals surface area contributed by atoms with Crippen LogP contribution in [0, 0.1) is 19.7 Å². The first-order valence-corrected chi connectivity index (χ1v) is 9.86. The maximum absolute atomic E-state index is 13.9. The van der Waals surface area contributed by atoms with Crippen LogP contribution in [0.5, 0.6) is 0 Å². The van der Waals surface area contributed by atoms with Crippen LogP contribution in [-0.4, -0.2) is 59.2 Å². The molecule has 10 nitrogen and oxygen atoms in total. The highest BCUT2D eigenvalue weighted by Crippen LogP contribution is 2.24. The molecule has 0 aliphatic rings. The third-order valence-electron chi connectivity index (χ3n) is 4.96. The molecule has 0 aliphatic heterocycles. The number of aryl methyl sites for hydroxylation is 3. The van der Waals surface area contributed by atoms with Crippen LogP contribution in [0.15, 0.2) is 18.3 Å². The molecule has 0 unspecified atom stereocenters. The van der Waals surface area contributed by atoms with E-state index in [9.17, 15) is 9.18 Å². The van der Waals surface area contributed by atoms with Crippen molar-refractivity contribution in [2.75, 3.05) is 19.3 Å². The van der Waals surface area contributed by atoms with E-state index in [2.05, 4.69) is 30.2 Å². The molecule has 160 valence electrons. The third-order valence-corrected chi connectivity index (χ3v) is 4.96. The lowest BCUT2D eigenvalue weighted by Crippen LogP contribution is -2.29. The van der Waals surface area contributed by atoms with Gasteiger partial charge in [0.2, 0.25) is 11.8 Å². The van der Waals surface area contributed by atoms with Crippen LogP contribution in [-0.2, 0) is 6.42 Å². The minimum Gasteiger partial charge on any atom is -0.368 e. The molecule has 4 aromatic rings. The average Bonchev–Trinajstić information content (AvgIpc) is 3.17. The average molecular weight is 423 g/mol. The summed E-state index contributed by atoms with van der Waals surface area (Å²) in [6.45, 7) is 4.07. The Morgan fingerprint density at radius 3 is 2.74 bits per heavy atom. The Balaban J connectivity index is 1.42. The van der Waals surface area contributed by atoms with Crippen molar-refractivity contribution < 1.29 is 9.18 Å². The fraction of sp³-hybridized carbons (Fsp3) is 0.350. The van der Waals surface area contributed by atoms with Gasteiger partial charge >= 0.3 is 0 Å². The highest BCUT2D eigenvalue weighted by Gasteiger charge is 2.16. The zero-order valence-electron chi connectivity index (χ0n) is 17.5. The number of carbonyl (C=O) groups is 1. The molecule has 0 saturated heterocycles. The summed E-state index contributed by atoms with van der Waals surface area (Å²) >= 11 is 0. The Morgan fingerprint density at radius 1 is 1.19 bits per heavy atom. The van der Waals surface area contributed by atoms with Gasteiger partial charge in [0, 0.05) is 25.4 Å². The largest absolute Gasteiger partial charge is 0.368 e. The molecule has 1 aromatic carbocycles. The molecule has 0 saturated carbocycles. The summed E-state index contributed by atoms with van der Waals surface area (Å²) in [6.07, 6.45) is 3.59. The van der Waals surface area contributed by atoms with Crippen LogP contribution in [0.25, 0.3) is 16.6 Å². The van der Waals surface area contributed by atoms with Gasteiger partial charge in [-0.3, -0.25) is 4.79 Å². The first-order chi connectivity index (χ1) is 14.8. The lowest BCUT2D eigenvalue weighted by Gasteiger charge is -2.15. The zero-order chi connectivity index (χ0) is 22.1. The fourth-order valence-electron chi connectivity index (χ4n) is 3.35. The van der Waals surface area contributed by atoms with Gasteiger partial charge in [-0.2, -0.15) is 9.61 Å². The molecule has 4 rings (SSSR count). The number of amides is 1. The number of halogens is 1. The first-order valence-electron chi connectivity index (χ1n) is 9.86. The van der Waals surface area contributed by atoms with Gasteiger partial charge in [-0.05, 0) is 44.4 Å². The summed E-state index contributed by atoms with van der Waals surface area (Å²) in [6, 6.07) is 2.81. The first kappa shape index (κ1) is 20.5. The van der Waals surface area contributed by atoms with E-state index in [-0.39, 0.29) is 23.5 Å². The van der Waals surface area contributed by atoms with E-state index in [1.165, 1.54) is 22.8 Å². The number of anilines is 1. The van der Waals surface area contributed by atoms with Gasteiger partial charge in [-0.25, -0.2) is 19.3 Å². The fourth-order valence-corrected chi connectivity index (χ4v) is 3.35. The monoisotopic (exact) mass is 423 g/mol. The Morgan fingerprint density at radius 2 is 2.00 bits per heavy atom. The number of carbonyl (C=O) groups excluding carboxylic acids is 1. The van der Waals surface area contributed by atoms with Gasteiger partial charge in [0.15, 0.2) is 11.5 Å². The topological polar surface area (TPSA) is 128 Å². The molecule has 2 N–H and O–H groups in total. The predicted octanol–water partition coefficient (Wildman–Crippen LogP) is 1.90. The van der Waals surface area contributed by atoms with E-state index < -0.39 is 0 Å². The molecule has 0 aliphatic carbocycles. The Labute approximate surface area is 177 Å². The third kappa shape index (κ3) is 4.11. The van der Waals surface area contributed by atoms with E-state index in [1.54, 1.807) is 25.8 Å². The number of hydrogen-bond donors (Lipinski definition) is 1. The summed E-state index contributed by atoms with van der Waals surface area (Å²) in [7, 11) is 1.70. The zero-order valence-corrected chi connectivity index (χ0v) is 17.5. The Kier molecular flexibility index (Phi) is 5.40. The van der Waals surface area contributed by atoms with Crippen molar-refractivity contribution in [3.8, 4) is 0 Å². The highest BCUT2D eigenvalue weighted by molar-refractivity contribution is 5.94. The van der Waals surface area contributed by atoms with Crippen molar-refractivity contribution in [1.29, 1.82) is 0 Å². The summed E-state index contributed by atoms with van der Waals surface area (Å²) in [5.74, 6) is 0.230. The molecule has 3 heterocycles. The van der Waals surface area contributed by atoms with E-state index >= 15 is 0 Å². The molecule has 1 amide bonds. The summed E-state index contributed by atoms with van der Waals surface area (Å²) in [5.41, 5.74) is 8.46. The molecule has 31 heavy (non-hydrogen) atoms. The summed E-state index contributed by atoms with van der Waals surface area (Å²) < 4.78 is 15.3. The highest BCUT2D eigenvalue weighted by atomic mass is 19.1. The van der Waals surface area contributed by atoms with Crippen molar-refractivity contribution in [1.82, 2.24) is 39.7 Å². The lowest BCUT2D eigenvalue weighted by atomic mass is 10.1. The number of unbranched alkanes of at least 4 members (excludes halogenated alkanes) is 1. The molecular formula is C20H22FN9O. The minimum absolute atomic E-state index is 0.0764. The molecule has 3 aromatic heterocycles. The molecule has 0 fully saturated rings. The van der Waals surface area contributed by atoms with Crippen molar-refractivity contribution in [2.24, 2.45) is 0 Å². The van der Waals surface area contributed by atoms with Gasteiger partial charge < -0.3 is 10.6 Å². The second-order valence-corrected chi connectivity index (χ2v) is 7.46. The number of nitrogen functional groups attached to an aromatic ring is 1. The standard InChI is InChI=1S/C20H22FN9O/c1-11-8-13(21)9-14-16(11)25-20(22)30-18(14)24-15(28-30)6-4-5-7-29(3)19(31)17-23-10-12(2)26-27-17/h8-10H,4-7H2,1-3H3,(H2,22,25). The number of nitrogens with two attached hydrogens (primary N) is 1. The second-order valence-electron chi connectivity index (χ2n) is 7.46. The van der Waals surface area contributed by atoms with Crippen LogP contribution in [0.1, 0.15) is 40.5 Å². The number of rotatable bonds is 6. The summed E-state index contributed by atoms with van der Waals surface area (Å²) in [5, 5.41) is 12.7. The molecule has 11 heteroatoms. The van der Waals surface area contributed by atoms with Crippen molar-refractivity contribution in [3.63, 3.8) is 0 Å². The Hall–Kier alpha value is -3.76. The van der Waals surface area contributed by atoms with E-state index in [0.29, 0.717) is 46.6 Å². The van der Waals surface area contributed by atoms with E-state index in [4.69, 9.17) is 5.73 Å². The maximum Gasteiger partial charge on any atom is 0.293 e. The molecule has 0 radical (unpaired) electrons. The number of fused-ring (bicyclic) bond motifs is 3. The molecule has 0 spiro atoms. The van der Waals surface area contributed by atoms with Crippen molar-refractivity contribution >= 4 is 28.4 Å². The van der Waals surface area contributed by atoms with E-state index in [1.807, 2.05) is 0 Å².